The van der Waals surface area contributed by atoms with Crippen LogP contribution in [0.3, 0.4) is 0 Å². The molecule has 0 spiro atoms. The smallest absolute Gasteiger partial charge is 0.224 e. The van der Waals surface area contributed by atoms with Crippen LogP contribution in [0.2, 0.25) is 10.0 Å². The first-order chi connectivity index (χ1) is 10.0. The number of hydrogen-bond donors (Lipinski definition) is 1. The molecule has 0 heterocycles. The number of Topliss-reactive ketones (excluding diaryl/α,β-unsaturated/α-hetero) is 1. The Morgan fingerprint density at radius 2 is 1.62 bits per heavy atom. The van der Waals surface area contributed by atoms with Gasteiger partial charge in [-0.05, 0) is 36.4 Å². The second-order valence-corrected chi connectivity index (χ2v) is 5.36. The molecule has 1 amide bonds. The molecular formula is C16H13Cl2NO2. The summed E-state index contributed by atoms with van der Waals surface area (Å²) in [6.07, 6.45) is 0.258. The molecule has 0 saturated carbocycles. The monoisotopic (exact) mass is 321 g/mol. The summed E-state index contributed by atoms with van der Waals surface area (Å²) in [7, 11) is 0. The van der Waals surface area contributed by atoms with E-state index >= 15 is 0 Å². The third-order valence-electron chi connectivity index (χ3n) is 2.85. The first-order valence-corrected chi connectivity index (χ1v) is 7.14. The highest BCUT2D eigenvalue weighted by Gasteiger charge is 2.10. The van der Waals surface area contributed by atoms with E-state index < -0.39 is 0 Å². The summed E-state index contributed by atoms with van der Waals surface area (Å²) in [6, 6.07) is 13.5. The maximum Gasteiger partial charge on any atom is 0.224 e. The molecule has 3 nitrogen and oxygen atoms in total. The quantitative estimate of drug-likeness (QED) is 0.818. The number of halogens is 2. The van der Waals surface area contributed by atoms with Gasteiger partial charge < -0.3 is 5.32 Å². The summed E-state index contributed by atoms with van der Waals surface area (Å²) < 4.78 is 0. The molecule has 0 aliphatic heterocycles. The number of ketones is 1. The van der Waals surface area contributed by atoms with E-state index in [2.05, 4.69) is 5.32 Å². The van der Waals surface area contributed by atoms with Crippen molar-refractivity contribution in [3.05, 3.63) is 64.1 Å². The van der Waals surface area contributed by atoms with Crippen LogP contribution in [0.25, 0.3) is 0 Å². The molecule has 2 rings (SSSR count). The summed E-state index contributed by atoms with van der Waals surface area (Å²) in [5.41, 5.74) is 1.17. The Kier molecular flexibility index (Phi) is 5.37. The van der Waals surface area contributed by atoms with Crippen LogP contribution in [0.1, 0.15) is 23.2 Å². The number of carbonyl (C=O) groups excluding carboxylic acids is 2. The summed E-state index contributed by atoms with van der Waals surface area (Å²) in [5.74, 6) is -0.323. The van der Waals surface area contributed by atoms with Gasteiger partial charge in [-0.25, -0.2) is 0 Å². The van der Waals surface area contributed by atoms with Gasteiger partial charge in [0.25, 0.3) is 0 Å². The SMILES string of the molecule is O=C(CCC(=O)c1cccc(Cl)c1)Nc1ccc(Cl)cc1. The molecule has 0 aromatic heterocycles. The van der Waals surface area contributed by atoms with Crippen LogP contribution in [0.5, 0.6) is 0 Å². The standard InChI is InChI=1S/C16H13Cl2NO2/c17-12-4-6-14(7-5-12)19-16(21)9-8-15(20)11-2-1-3-13(18)10-11/h1-7,10H,8-9H2,(H,19,21). The summed E-state index contributed by atoms with van der Waals surface area (Å²) in [6.45, 7) is 0. The lowest BCUT2D eigenvalue weighted by Gasteiger charge is -2.05. The highest BCUT2D eigenvalue weighted by Crippen LogP contribution is 2.15. The lowest BCUT2D eigenvalue weighted by Crippen LogP contribution is -2.13. The van der Waals surface area contributed by atoms with Gasteiger partial charge in [0, 0.05) is 34.1 Å². The van der Waals surface area contributed by atoms with Gasteiger partial charge in [-0.15, -0.1) is 0 Å². The molecule has 0 aliphatic rings. The molecule has 0 unspecified atom stereocenters. The molecule has 0 bridgehead atoms. The maximum absolute atomic E-state index is 11.9. The second-order valence-electron chi connectivity index (χ2n) is 4.49. The molecule has 0 saturated heterocycles. The van der Waals surface area contributed by atoms with Gasteiger partial charge in [-0.1, -0.05) is 35.3 Å². The van der Waals surface area contributed by atoms with Crippen molar-refractivity contribution in [2.75, 3.05) is 5.32 Å². The van der Waals surface area contributed by atoms with E-state index in [0.717, 1.165) is 0 Å². The second kappa shape index (κ2) is 7.25. The Hall–Kier alpha value is -1.84. The van der Waals surface area contributed by atoms with Crippen molar-refractivity contribution in [1.82, 2.24) is 0 Å². The minimum absolute atomic E-state index is 0.108. The van der Waals surface area contributed by atoms with E-state index in [-0.39, 0.29) is 24.5 Å². The van der Waals surface area contributed by atoms with E-state index in [0.29, 0.717) is 21.3 Å². The van der Waals surface area contributed by atoms with E-state index in [1.807, 2.05) is 0 Å². The number of amides is 1. The number of hydrogen-bond acceptors (Lipinski definition) is 2. The van der Waals surface area contributed by atoms with Crippen LogP contribution < -0.4 is 5.32 Å². The molecule has 0 fully saturated rings. The summed E-state index contributed by atoms with van der Waals surface area (Å²) >= 11 is 11.6. The van der Waals surface area contributed by atoms with Crippen LogP contribution in [-0.4, -0.2) is 11.7 Å². The average Bonchev–Trinajstić information content (AvgIpc) is 2.47. The number of nitrogens with one attached hydrogen (secondary N) is 1. The number of rotatable bonds is 5. The Labute approximate surface area is 132 Å². The fraction of sp³-hybridized carbons (Fsp3) is 0.125. The van der Waals surface area contributed by atoms with Gasteiger partial charge in [0.05, 0.1) is 0 Å². The first kappa shape index (κ1) is 15.5. The zero-order chi connectivity index (χ0) is 15.2. The maximum atomic E-state index is 11.9. The largest absolute Gasteiger partial charge is 0.326 e. The third kappa shape index (κ3) is 4.88. The third-order valence-corrected chi connectivity index (χ3v) is 3.34. The molecule has 21 heavy (non-hydrogen) atoms. The molecule has 5 heteroatoms. The van der Waals surface area contributed by atoms with E-state index in [1.165, 1.54) is 0 Å². The molecular weight excluding hydrogens is 309 g/mol. The highest BCUT2D eigenvalue weighted by atomic mass is 35.5. The minimum Gasteiger partial charge on any atom is -0.326 e. The topological polar surface area (TPSA) is 46.2 Å². The van der Waals surface area contributed by atoms with Gasteiger partial charge in [0.15, 0.2) is 5.78 Å². The zero-order valence-corrected chi connectivity index (χ0v) is 12.6. The first-order valence-electron chi connectivity index (χ1n) is 6.39. The van der Waals surface area contributed by atoms with Gasteiger partial charge in [0.1, 0.15) is 0 Å². The molecule has 108 valence electrons. The summed E-state index contributed by atoms with van der Waals surface area (Å²) in [4.78, 5) is 23.7. The molecule has 2 aromatic carbocycles. The number of anilines is 1. The Bertz CT molecular complexity index is 654. The van der Waals surface area contributed by atoms with Crippen LogP contribution in [-0.2, 0) is 4.79 Å². The summed E-state index contributed by atoms with van der Waals surface area (Å²) in [5, 5.41) is 3.82. The number of carbonyl (C=O) groups is 2. The van der Waals surface area contributed by atoms with Crippen molar-refractivity contribution < 1.29 is 9.59 Å². The predicted molar refractivity (Wildman–Crippen MR) is 85.1 cm³/mol. The van der Waals surface area contributed by atoms with Crippen LogP contribution in [0.15, 0.2) is 48.5 Å². The van der Waals surface area contributed by atoms with Crippen molar-refractivity contribution in [2.24, 2.45) is 0 Å². The van der Waals surface area contributed by atoms with Crippen LogP contribution >= 0.6 is 23.2 Å². The average molecular weight is 322 g/mol. The minimum atomic E-state index is -0.215. The van der Waals surface area contributed by atoms with E-state index in [4.69, 9.17) is 23.2 Å². The highest BCUT2D eigenvalue weighted by molar-refractivity contribution is 6.31. The van der Waals surface area contributed by atoms with Gasteiger partial charge in [-0.3, -0.25) is 9.59 Å². The lowest BCUT2D eigenvalue weighted by molar-refractivity contribution is -0.116. The molecule has 0 atom stereocenters. The molecule has 1 N–H and O–H groups in total. The van der Waals surface area contributed by atoms with Crippen molar-refractivity contribution >= 4 is 40.6 Å². The predicted octanol–water partition coefficient (Wildman–Crippen LogP) is 4.60. The Balaban J connectivity index is 1.86. The van der Waals surface area contributed by atoms with Gasteiger partial charge in [-0.2, -0.15) is 0 Å². The normalized spacial score (nSPS) is 10.2. The molecule has 0 aliphatic carbocycles. The van der Waals surface area contributed by atoms with Gasteiger partial charge >= 0.3 is 0 Å². The fourth-order valence-electron chi connectivity index (χ4n) is 1.79. The van der Waals surface area contributed by atoms with Crippen LogP contribution in [0, 0.1) is 0 Å². The van der Waals surface area contributed by atoms with Crippen LogP contribution in [0.4, 0.5) is 5.69 Å². The fourth-order valence-corrected chi connectivity index (χ4v) is 2.11. The number of benzene rings is 2. The zero-order valence-electron chi connectivity index (χ0n) is 11.1. The van der Waals surface area contributed by atoms with E-state index in [9.17, 15) is 9.59 Å². The molecule has 2 aromatic rings. The van der Waals surface area contributed by atoms with Crippen molar-refractivity contribution in [2.45, 2.75) is 12.8 Å². The van der Waals surface area contributed by atoms with Crippen molar-refractivity contribution in [1.29, 1.82) is 0 Å². The Morgan fingerprint density at radius 3 is 2.29 bits per heavy atom. The molecule has 0 radical (unpaired) electrons. The van der Waals surface area contributed by atoms with Gasteiger partial charge in [0.2, 0.25) is 5.91 Å². The Morgan fingerprint density at radius 1 is 0.905 bits per heavy atom. The van der Waals surface area contributed by atoms with E-state index in [1.54, 1.807) is 48.5 Å². The lowest BCUT2D eigenvalue weighted by atomic mass is 10.1. The van der Waals surface area contributed by atoms with Crippen molar-refractivity contribution in [3.8, 4) is 0 Å². The van der Waals surface area contributed by atoms with Crippen molar-refractivity contribution in [3.63, 3.8) is 0 Å².